The summed E-state index contributed by atoms with van der Waals surface area (Å²) in [7, 11) is -4.00. The number of halogens is 2. The predicted molar refractivity (Wildman–Crippen MR) is 47.4 cm³/mol. The van der Waals surface area contributed by atoms with Gasteiger partial charge in [-0.3, -0.25) is 4.57 Å². The summed E-state index contributed by atoms with van der Waals surface area (Å²) in [6, 6.07) is 2.47. The van der Waals surface area contributed by atoms with Crippen molar-refractivity contribution >= 4 is 12.9 Å². The van der Waals surface area contributed by atoms with Crippen molar-refractivity contribution in [1.29, 1.82) is 0 Å². The number of rotatable bonds is 3. The minimum atomic E-state index is -4.00. The molecular weight excluding hydrogens is 213 g/mol. The standard InChI is InChI=1S/C8H9F2O3P/c1-2-13-14(11,12)6-3-4-7(9)8(10)5-6/h3-5H,2H2,1H3,(H,11,12). The molecule has 6 heteroatoms. The summed E-state index contributed by atoms with van der Waals surface area (Å²) in [6.45, 7) is 1.55. The number of benzene rings is 1. The molecule has 0 radical (unpaired) electrons. The van der Waals surface area contributed by atoms with E-state index in [1.165, 1.54) is 6.92 Å². The van der Waals surface area contributed by atoms with Crippen LogP contribution in [0, 0.1) is 11.6 Å². The van der Waals surface area contributed by atoms with Crippen LogP contribution in [-0.2, 0) is 9.09 Å². The lowest BCUT2D eigenvalue weighted by Crippen LogP contribution is -2.08. The van der Waals surface area contributed by atoms with Crippen LogP contribution >= 0.6 is 7.60 Å². The van der Waals surface area contributed by atoms with E-state index in [0.29, 0.717) is 6.07 Å². The van der Waals surface area contributed by atoms with Crippen molar-refractivity contribution in [2.45, 2.75) is 6.92 Å². The van der Waals surface area contributed by atoms with Gasteiger partial charge < -0.3 is 9.42 Å². The third kappa shape index (κ3) is 2.38. The molecule has 1 rings (SSSR count). The SMILES string of the molecule is CCOP(=O)(O)c1ccc(F)c(F)c1. The Morgan fingerprint density at radius 3 is 2.57 bits per heavy atom. The van der Waals surface area contributed by atoms with Crippen LogP contribution in [0.5, 0.6) is 0 Å². The van der Waals surface area contributed by atoms with Gasteiger partial charge in [0.25, 0.3) is 0 Å². The molecule has 0 aliphatic heterocycles. The van der Waals surface area contributed by atoms with E-state index in [4.69, 9.17) is 0 Å². The van der Waals surface area contributed by atoms with Crippen molar-refractivity contribution in [2.24, 2.45) is 0 Å². The fourth-order valence-electron chi connectivity index (χ4n) is 0.910. The molecule has 78 valence electrons. The molecule has 14 heavy (non-hydrogen) atoms. The Balaban J connectivity index is 3.08. The van der Waals surface area contributed by atoms with E-state index in [0.717, 1.165) is 12.1 Å². The molecule has 0 bridgehead atoms. The van der Waals surface area contributed by atoms with E-state index in [2.05, 4.69) is 4.52 Å². The lowest BCUT2D eigenvalue weighted by Gasteiger charge is -2.10. The molecule has 0 fully saturated rings. The van der Waals surface area contributed by atoms with Crippen molar-refractivity contribution in [1.82, 2.24) is 0 Å². The highest BCUT2D eigenvalue weighted by Gasteiger charge is 2.23. The first-order valence-corrected chi connectivity index (χ1v) is 5.48. The molecular formula is C8H9F2O3P. The molecule has 0 aliphatic rings. The molecule has 0 heterocycles. The van der Waals surface area contributed by atoms with Crippen LogP contribution in [0.1, 0.15) is 6.92 Å². The van der Waals surface area contributed by atoms with E-state index in [-0.39, 0.29) is 11.9 Å². The second kappa shape index (κ2) is 4.17. The number of hydrogen-bond acceptors (Lipinski definition) is 2. The van der Waals surface area contributed by atoms with Gasteiger partial charge in [-0.05, 0) is 25.1 Å². The van der Waals surface area contributed by atoms with Crippen LogP contribution in [0.2, 0.25) is 0 Å². The maximum Gasteiger partial charge on any atom is 0.358 e. The molecule has 1 atom stereocenters. The molecule has 1 aromatic rings. The zero-order valence-corrected chi connectivity index (χ0v) is 8.30. The molecule has 0 saturated heterocycles. The molecule has 0 spiro atoms. The Hall–Kier alpha value is -0.770. The molecule has 0 aliphatic carbocycles. The van der Waals surface area contributed by atoms with Gasteiger partial charge in [-0.25, -0.2) is 8.78 Å². The predicted octanol–water partition coefficient (Wildman–Crippen LogP) is 1.81. The normalized spacial score (nSPS) is 15.1. The third-order valence-electron chi connectivity index (χ3n) is 1.53. The topological polar surface area (TPSA) is 46.5 Å². The Kier molecular flexibility index (Phi) is 3.37. The van der Waals surface area contributed by atoms with Gasteiger partial charge in [-0.15, -0.1) is 0 Å². The second-order valence-corrected chi connectivity index (χ2v) is 4.35. The highest BCUT2D eigenvalue weighted by atomic mass is 31.2. The largest absolute Gasteiger partial charge is 0.358 e. The van der Waals surface area contributed by atoms with E-state index < -0.39 is 19.2 Å². The Labute approximate surface area is 79.9 Å². The highest BCUT2D eigenvalue weighted by molar-refractivity contribution is 7.61. The summed E-state index contributed by atoms with van der Waals surface area (Å²) in [4.78, 5) is 9.25. The van der Waals surface area contributed by atoms with Crippen LogP contribution in [0.25, 0.3) is 0 Å². The lowest BCUT2D eigenvalue weighted by molar-refractivity contribution is 0.284. The summed E-state index contributed by atoms with van der Waals surface area (Å²) in [5.41, 5.74) is 0. The summed E-state index contributed by atoms with van der Waals surface area (Å²) in [6.07, 6.45) is 0. The summed E-state index contributed by atoms with van der Waals surface area (Å²) in [5.74, 6) is -2.23. The Morgan fingerprint density at radius 1 is 1.43 bits per heavy atom. The van der Waals surface area contributed by atoms with Gasteiger partial charge in [0.15, 0.2) is 11.6 Å². The second-order valence-electron chi connectivity index (χ2n) is 2.54. The fourth-order valence-corrected chi connectivity index (χ4v) is 1.95. The minimum Gasteiger partial charge on any atom is -0.321 e. The lowest BCUT2D eigenvalue weighted by atomic mass is 10.3. The van der Waals surface area contributed by atoms with Gasteiger partial charge in [-0.2, -0.15) is 0 Å². The van der Waals surface area contributed by atoms with Gasteiger partial charge in [0.2, 0.25) is 0 Å². The first kappa shape index (κ1) is 11.3. The zero-order chi connectivity index (χ0) is 10.8. The van der Waals surface area contributed by atoms with Crippen LogP contribution in [-0.4, -0.2) is 11.5 Å². The summed E-state index contributed by atoms with van der Waals surface area (Å²) >= 11 is 0. The molecule has 1 aromatic carbocycles. The molecule has 0 saturated carbocycles. The Bertz CT molecular complexity index is 381. The van der Waals surface area contributed by atoms with Gasteiger partial charge in [0.1, 0.15) is 0 Å². The fraction of sp³-hybridized carbons (Fsp3) is 0.250. The first-order valence-electron chi connectivity index (χ1n) is 3.90. The maximum absolute atomic E-state index is 12.7. The van der Waals surface area contributed by atoms with Crippen molar-refractivity contribution in [3.63, 3.8) is 0 Å². The van der Waals surface area contributed by atoms with Crippen LogP contribution < -0.4 is 5.30 Å². The van der Waals surface area contributed by atoms with Crippen molar-refractivity contribution in [2.75, 3.05) is 6.61 Å². The number of hydrogen-bond donors (Lipinski definition) is 1. The average Bonchev–Trinajstić information content (AvgIpc) is 2.09. The molecule has 1 N–H and O–H groups in total. The third-order valence-corrected chi connectivity index (χ3v) is 3.07. The van der Waals surface area contributed by atoms with Gasteiger partial charge in [-0.1, -0.05) is 0 Å². The van der Waals surface area contributed by atoms with Crippen molar-refractivity contribution in [3.8, 4) is 0 Å². The smallest absolute Gasteiger partial charge is 0.321 e. The molecule has 0 amide bonds. The molecule has 1 unspecified atom stereocenters. The van der Waals surface area contributed by atoms with E-state index in [9.17, 15) is 18.2 Å². The maximum atomic E-state index is 12.7. The monoisotopic (exact) mass is 222 g/mol. The van der Waals surface area contributed by atoms with Crippen molar-refractivity contribution < 1.29 is 22.8 Å². The van der Waals surface area contributed by atoms with Crippen LogP contribution in [0.15, 0.2) is 18.2 Å². The summed E-state index contributed by atoms with van der Waals surface area (Å²) < 4.78 is 41.0. The molecule has 0 aromatic heterocycles. The first-order chi connectivity index (χ1) is 6.47. The van der Waals surface area contributed by atoms with Gasteiger partial charge >= 0.3 is 7.60 Å². The zero-order valence-electron chi connectivity index (χ0n) is 7.41. The van der Waals surface area contributed by atoms with Crippen molar-refractivity contribution in [3.05, 3.63) is 29.8 Å². The van der Waals surface area contributed by atoms with E-state index >= 15 is 0 Å². The quantitative estimate of drug-likeness (QED) is 0.793. The Morgan fingerprint density at radius 2 is 2.07 bits per heavy atom. The van der Waals surface area contributed by atoms with Crippen LogP contribution in [0.3, 0.4) is 0 Å². The minimum absolute atomic E-state index is 0.0206. The van der Waals surface area contributed by atoms with Gasteiger partial charge in [0, 0.05) is 0 Å². The van der Waals surface area contributed by atoms with E-state index in [1.807, 2.05) is 0 Å². The average molecular weight is 222 g/mol. The summed E-state index contributed by atoms with van der Waals surface area (Å²) in [5, 5.41) is -0.252. The van der Waals surface area contributed by atoms with E-state index in [1.54, 1.807) is 0 Å². The van der Waals surface area contributed by atoms with Gasteiger partial charge in [0.05, 0.1) is 11.9 Å². The molecule has 3 nitrogen and oxygen atoms in total. The van der Waals surface area contributed by atoms with Crippen LogP contribution in [0.4, 0.5) is 8.78 Å². The highest BCUT2D eigenvalue weighted by Crippen LogP contribution is 2.40.